The summed E-state index contributed by atoms with van der Waals surface area (Å²) in [5.74, 6) is -2.37. The first-order valence-corrected chi connectivity index (χ1v) is 15.2. The summed E-state index contributed by atoms with van der Waals surface area (Å²) in [4.78, 5) is 45.5. The van der Waals surface area contributed by atoms with E-state index >= 15 is 0 Å². The Hall–Kier alpha value is -3.99. The molecule has 0 spiro atoms. The van der Waals surface area contributed by atoms with Crippen molar-refractivity contribution in [3.8, 4) is 6.07 Å². The number of halogens is 3. The maximum Gasteiger partial charge on any atom is 0.389 e. The molecule has 0 unspecified atom stereocenters. The zero-order chi connectivity index (χ0) is 30.5. The molecule has 1 aromatic carbocycles. The Morgan fingerprint density at radius 1 is 1.12 bits per heavy atom. The van der Waals surface area contributed by atoms with Gasteiger partial charge in [-0.15, -0.1) is 0 Å². The Morgan fingerprint density at radius 3 is 2.40 bits per heavy atom. The van der Waals surface area contributed by atoms with Gasteiger partial charge in [-0.1, -0.05) is 30.3 Å². The van der Waals surface area contributed by atoms with Crippen molar-refractivity contribution >= 4 is 33.4 Å². The first kappa shape index (κ1) is 31.0. The molecule has 2 aliphatic heterocycles. The number of piperidine rings is 1. The van der Waals surface area contributed by atoms with Crippen LogP contribution in [0.2, 0.25) is 0 Å². The van der Waals surface area contributed by atoms with Gasteiger partial charge in [0.1, 0.15) is 11.9 Å². The lowest BCUT2D eigenvalue weighted by atomic mass is 9.95. The molecule has 3 heterocycles. The van der Waals surface area contributed by atoms with Crippen LogP contribution in [0.3, 0.4) is 0 Å². The molecule has 10 nitrogen and oxygen atoms in total. The lowest BCUT2D eigenvalue weighted by molar-refractivity contribution is -0.133. The molecule has 2 saturated heterocycles. The molecule has 0 radical (unpaired) electrons. The zero-order valence-corrected chi connectivity index (χ0v) is 23.5. The number of hydrogen-bond acceptors (Lipinski definition) is 8. The maximum atomic E-state index is 12.8. The molecule has 1 aromatic heterocycles. The first-order chi connectivity index (χ1) is 19.8. The van der Waals surface area contributed by atoms with Gasteiger partial charge in [-0.2, -0.15) is 18.4 Å². The number of nitrogens with one attached hydrogen (secondary N) is 1. The molecule has 0 atom stereocenters. The summed E-state index contributed by atoms with van der Waals surface area (Å²) < 4.78 is 65.6. The number of anilines is 1. The molecule has 224 valence electrons. The van der Waals surface area contributed by atoms with Crippen LogP contribution in [0.15, 0.2) is 36.4 Å². The molecule has 2 aromatic rings. The summed E-state index contributed by atoms with van der Waals surface area (Å²) in [6, 6.07) is 11.6. The summed E-state index contributed by atoms with van der Waals surface area (Å²) >= 11 is 0. The number of amides is 2. The van der Waals surface area contributed by atoms with E-state index in [4.69, 9.17) is 0 Å². The van der Waals surface area contributed by atoms with Gasteiger partial charge in [-0.3, -0.25) is 19.1 Å². The van der Waals surface area contributed by atoms with Crippen LogP contribution in [0.1, 0.15) is 65.7 Å². The second kappa shape index (κ2) is 12.9. The largest absolute Gasteiger partial charge is 0.389 e. The molecule has 0 saturated carbocycles. The van der Waals surface area contributed by atoms with Crippen LogP contribution in [0.5, 0.6) is 0 Å². The van der Waals surface area contributed by atoms with Gasteiger partial charge in [-0.05, 0) is 30.9 Å². The number of sulfonamides is 1. The van der Waals surface area contributed by atoms with Crippen LogP contribution in [-0.2, 0) is 31.9 Å². The highest BCUT2D eigenvalue weighted by atomic mass is 32.2. The second-order valence-electron chi connectivity index (χ2n) is 10.4. The number of nitrogens with zero attached hydrogens (tertiary/aromatic N) is 4. The number of carbonyl (C=O) groups is 3. The quantitative estimate of drug-likeness (QED) is 0.406. The highest BCUT2D eigenvalue weighted by molar-refractivity contribution is 7.89. The second-order valence-corrected chi connectivity index (χ2v) is 12.1. The average Bonchev–Trinajstić information content (AvgIpc) is 3.35. The Labute approximate surface area is 241 Å². The van der Waals surface area contributed by atoms with Crippen molar-refractivity contribution in [1.29, 1.82) is 5.26 Å². The number of pyridine rings is 1. The van der Waals surface area contributed by atoms with Crippen LogP contribution in [0, 0.1) is 17.2 Å². The molecule has 2 fully saturated rings. The number of ketones is 1. The van der Waals surface area contributed by atoms with Gasteiger partial charge in [-0.25, -0.2) is 13.4 Å². The fourth-order valence-electron chi connectivity index (χ4n) is 5.09. The topological polar surface area (TPSA) is 141 Å². The highest BCUT2D eigenvalue weighted by Crippen LogP contribution is 2.30. The highest BCUT2D eigenvalue weighted by Gasteiger charge is 2.32. The van der Waals surface area contributed by atoms with Gasteiger partial charge in [0.05, 0.1) is 30.0 Å². The van der Waals surface area contributed by atoms with Crippen LogP contribution in [0.4, 0.5) is 19.0 Å². The third kappa shape index (κ3) is 8.06. The van der Waals surface area contributed by atoms with E-state index in [2.05, 4.69) is 9.71 Å². The van der Waals surface area contributed by atoms with Gasteiger partial charge in [0.25, 0.3) is 0 Å². The molecular weight excluding hydrogens is 575 g/mol. The number of carbonyl (C=O) groups excluding carboxylic acids is 3. The van der Waals surface area contributed by atoms with E-state index in [1.807, 2.05) is 6.07 Å². The zero-order valence-electron chi connectivity index (χ0n) is 22.7. The maximum absolute atomic E-state index is 12.8. The molecule has 1 N–H and O–H groups in total. The summed E-state index contributed by atoms with van der Waals surface area (Å²) in [5, 5.41) is 9.82. The van der Waals surface area contributed by atoms with Crippen LogP contribution in [0.25, 0.3) is 0 Å². The van der Waals surface area contributed by atoms with Crippen molar-refractivity contribution in [2.24, 2.45) is 5.92 Å². The van der Waals surface area contributed by atoms with E-state index < -0.39 is 46.6 Å². The molecule has 2 amide bonds. The molecule has 14 heteroatoms. The van der Waals surface area contributed by atoms with Crippen LogP contribution >= 0.6 is 0 Å². The van der Waals surface area contributed by atoms with Crippen LogP contribution < -0.4 is 9.62 Å². The standard InChI is InChI=1S/C28H30F3N5O5S/c29-28(30,31)11-8-24(37)22-15-21(16-32)26(33-23(22)17-36-12-4-7-25(36)38)35-13-9-20(10-14-35)27(39)34-42(40,41)18-19-5-2-1-3-6-19/h1-3,5-6,15,20H,4,7-14,17-18H2,(H,34,39). The van der Waals surface area contributed by atoms with Crippen molar-refractivity contribution in [3.63, 3.8) is 0 Å². The van der Waals surface area contributed by atoms with E-state index in [1.54, 1.807) is 35.2 Å². The number of likely N-dealkylation sites (tertiary alicyclic amines) is 1. The number of aromatic nitrogens is 1. The fourth-order valence-corrected chi connectivity index (χ4v) is 6.26. The molecule has 2 aliphatic rings. The van der Waals surface area contributed by atoms with Crippen molar-refractivity contribution in [2.75, 3.05) is 24.5 Å². The Bertz CT molecular complexity index is 1480. The number of benzene rings is 1. The van der Waals surface area contributed by atoms with E-state index in [0.717, 1.165) is 0 Å². The third-order valence-electron chi connectivity index (χ3n) is 7.27. The summed E-state index contributed by atoms with van der Waals surface area (Å²) in [6.07, 6.45) is -5.24. The van der Waals surface area contributed by atoms with E-state index in [0.29, 0.717) is 24.9 Å². The molecule has 4 rings (SSSR count). The number of alkyl halides is 3. The summed E-state index contributed by atoms with van der Waals surface area (Å²) in [5.41, 5.74) is 0.500. The normalized spacial score (nSPS) is 16.4. The summed E-state index contributed by atoms with van der Waals surface area (Å²) in [6.45, 7) is 0.812. The minimum Gasteiger partial charge on any atom is -0.355 e. The Morgan fingerprint density at radius 2 is 1.81 bits per heavy atom. The Balaban J connectivity index is 1.49. The van der Waals surface area contributed by atoms with Crippen molar-refractivity contribution < 1.29 is 36.0 Å². The number of hydrogen-bond donors (Lipinski definition) is 1. The monoisotopic (exact) mass is 605 g/mol. The van der Waals surface area contributed by atoms with Gasteiger partial charge in [0, 0.05) is 44.0 Å². The summed E-state index contributed by atoms with van der Waals surface area (Å²) in [7, 11) is -3.91. The molecular formula is C28H30F3N5O5S. The van der Waals surface area contributed by atoms with Gasteiger partial charge in [0.15, 0.2) is 5.78 Å². The van der Waals surface area contributed by atoms with E-state index in [1.165, 1.54) is 11.0 Å². The smallest absolute Gasteiger partial charge is 0.355 e. The predicted molar refractivity (Wildman–Crippen MR) is 145 cm³/mol. The van der Waals surface area contributed by atoms with Gasteiger partial charge >= 0.3 is 6.18 Å². The average molecular weight is 606 g/mol. The lowest BCUT2D eigenvalue weighted by Crippen LogP contribution is -2.43. The lowest BCUT2D eigenvalue weighted by Gasteiger charge is -2.33. The molecule has 42 heavy (non-hydrogen) atoms. The number of Topliss-reactive ketones (excluding diaryl/α,β-unsaturated/α-hetero) is 1. The van der Waals surface area contributed by atoms with Crippen molar-refractivity contribution in [1.82, 2.24) is 14.6 Å². The van der Waals surface area contributed by atoms with Crippen molar-refractivity contribution in [3.05, 3.63) is 58.8 Å². The van der Waals surface area contributed by atoms with Crippen molar-refractivity contribution in [2.45, 2.75) is 57.0 Å². The van der Waals surface area contributed by atoms with E-state index in [-0.39, 0.29) is 66.8 Å². The minimum atomic E-state index is -4.54. The number of rotatable bonds is 10. The minimum absolute atomic E-state index is 0.0183. The SMILES string of the molecule is N#Cc1cc(C(=O)CCC(F)(F)F)c(CN2CCCC2=O)nc1N1CCC(C(=O)NS(=O)(=O)Cc2ccccc2)CC1. The van der Waals surface area contributed by atoms with Crippen LogP contribution in [-0.4, -0.2) is 61.7 Å². The number of nitriles is 1. The van der Waals surface area contributed by atoms with Gasteiger partial charge in [0.2, 0.25) is 21.8 Å². The fraction of sp³-hybridized carbons (Fsp3) is 0.464. The molecule has 0 bridgehead atoms. The van der Waals surface area contributed by atoms with E-state index in [9.17, 15) is 41.2 Å². The predicted octanol–water partition coefficient (Wildman–Crippen LogP) is 3.46. The van der Waals surface area contributed by atoms with Gasteiger partial charge < -0.3 is 9.80 Å². The first-order valence-electron chi connectivity index (χ1n) is 13.5. The molecule has 0 aliphatic carbocycles. The Kier molecular flexibility index (Phi) is 9.50. The third-order valence-corrected chi connectivity index (χ3v) is 8.50.